The van der Waals surface area contributed by atoms with E-state index in [1.54, 1.807) is 24.5 Å². The second-order valence-electron chi connectivity index (χ2n) is 6.39. The Morgan fingerprint density at radius 1 is 1.09 bits per heavy atom. The van der Waals surface area contributed by atoms with Gasteiger partial charge in [-0.05, 0) is 38.3 Å². The molecule has 0 N–H and O–H groups in total. The van der Waals surface area contributed by atoms with Crippen LogP contribution in [-0.4, -0.2) is 52.8 Å². The fraction of sp³-hybridized carbons (Fsp3) is 0.500. The zero-order chi connectivity index (χ0) is 16.2. The molecule has 2 amide bonds. The molecular weight excluding hydrogens is 290 g/mol. The lowest BCUT2D eigenvalue weighted by Crippen LogP contribution is -2.45. The maximum atomic E-state index is 12.6. The minimum absolute atomic E-state index is 0.0369. The zero-order valence-electron chi connectivity index (χ0n) is 13.6. The Kier molecular flexibility index (Phi) is 4.74. The van der Waals surface area contributed by atoms with E-state index in [0.717, 1.165) is 32.4 Å². The fourth-order valence-corrected chi connectivity index (χ4v) is 3.24. The van der Waals surface area contributed by atoms with Crippen LogP contribution >= 0.6 is 0 Å². The van der Waals surface area contributed by atoms with Crippen LogP contribution in [0.5, 0.6) is 0 Å². The number of aromatic nitrogens is 1. The van der Waals surface area contributed by atoms with Crippen LogP contribution in [0.15, 0.2) is 36.2 Å². The minimum atomic E-state index is 0.0369. The third-order valence-electron chi connectivity index (χ3n) is 4.81. The van der Waals surface area contributed by atoms with Gasteiger partial charge in [0.25, 0.3) is 5.91 Å². The van der Waals surface area contributed by atoms with Crippen LogP contribution in [0, 0.1) is 5.92 Å². The molecule has 122 valence electrons. The van der Waals surface area contributed by atoms with Gasteiger partial charge in [-0.1, -0.05) is 11.6 Å². The van der Waals surface area contributed by atoms with Crippen LogP contribution < -0.4 is 0 Å². The Morgan fingerprint density at radius 3 is 2.39 bits per heavy atom. The number of likely N-dealkylation sites (tertiary alicyclic amines) is 1. The maximum absolute atomic E-state index is 12.6. The van der Waals surface area contributed by atoms with Crippen molar-refractivity contribution >= 4 is 11.8 Å². The molecule has 1 aromatic heterocycles. The summed E-state index contributed by atoms with van der Waals surface area (Å²) in [6.07, 6.45) is 7.91. The molecule has 1 saturated heterocycles. The summed E-state index contributed by atoms with van der Waals surface area (Å²) in [5.74, 6) is 0.350. The van der Waals surface area contributed by atoms with Crippen molar-refractivity contribution in [2.45, 2.75) is 26.2 Å². The summed E-state index contributed by atoms with van der Waals surface area (Å²) in [5.41, 5.74) is 2.04. The standard InChI is InChI=1S/C18H23N3O2/c1-14-4-10-20(11-5-14)18(23)16-6-12-21(13-7-16)17(22)15-2-8-19-9-3-15/h2-4,8-9,16H,5-7,10-13H2,1H3. The van der Waals surface area contributed by atoms with Gasteiger partial charge in [-0.25, -0.2) is 0 Å². The van der Waals surface area contributed by atoms with Gasteiger partial charge in [0.15, 0.2) is 0 Å². The SMILES string of the molecule is CC1=CCN(C(=O)C2CCN(C(=O)c3ccncc3)CC2)CC1. The fourth-order valence-electron chi connectivity index (χ4n) is 3.24. The quantitative estimate of drug-likeness (QED) is 0.786. The van der Waals surface area contributed by atoms with Crippen LogP contribution in [0.1, 0.15) is 36.5 Å². The first-order chi connectivity index (χ1) is 11.1. The molecule has 0 atom stereocenters. The van der Waals surface area contributed by atoms with E-state index in [0.29, 0.717) is 18.7 Å². The van der Waals surface area contributed by atoms with Crippen LogP contribution in [0.3, 0.4) is 0 Å². The van der Waals surface area contributed by atoms with Gasteiger partial charge < -0.3 is 9.80 Å². The molecule has 2 aliphatic heterocycles. The molecule has 0 saturated carbocycles. The lowest BCUT2D eigenvalue weighted by Gasteiger charge is -2.35. The van der Waals surface area contributed by atoms with E-state index in [9.17, 15) is 9.59 Å². The van der Waals surface area contributed by atoms with Crippen molar-refractivity contribution in [2.24, 2.45) is 5.92 Å². The van der Waals surface area contributed by atoms with Crippen LogP contribution in [0.4, 0.5) is 0 Å². The summed E-state index contributed by atoms with van der Waals surface area (Å²) in [4.78, 5) is 32.7. The van der Waals surface area contributed by atoms with Crippen molar-refractivity contribution in [1.82, 2.24) is 14.8 Å². The molecule has 0 bridgehead atoms. The van der Waals surface area contributed by atoms with Crippen molar-refractivity contribution < 1.29 is 9.59 Å². The monoisotopic (exact) mass is 313 g/mol. The number of hydrogen-bond donors (Lipinski definition) is 0. The third-order valence-corrected chi connectivity index (χ3v) is 4.81. The van der Waals surface area contributed by atoms with Crippen LogP contribution in [-0.2, 0) is 4.79 Å². The molecule has 0 radical (unpaired) electrons. The van der Waals surface area contributed by atoms with E-state index in [4.69, 9.17) is 0 Å². The van der Waals surface area contributed by atoms with Gasteiger partial charge in [-0.2, -0.15) is 0 Å². The van der Waals surface area contributed by atoms with E-state index in [-0.39, 0.29) is 17.7 Å². The van der Waals surface area contributed by atoms with E-state index < -0.39 is 0 Å². The molecule has 5 heteroatoms. The lowest BCUT2D eigenvalue weighted by molar-refractivity contribution is -0.136. The third kappa shape index (κ3) is 3.60. The summed E-state index contributed by atoms with van der Waals surface area (Å²) in [6.45, 7) is 4.99. The van der Waals surface area contributed by atoms with Gasteiger partial charge in [-0.3, -0.25) is 14.6 Å². The summed E-state index contributed by atoms with van der Waals surface area (Å²) in [7, 11) is 0. The number of nitrogens with zero attached hydrogens (tertiary/aromatic N) is 3. The Morgan fingerprint density at radius 2 is 1.78 bits per heavy atom. The highest BCUT2D eigenvalue weighted by Crippen LogP contribution is 2.22. The highest BCUT2D eigenvalue weighted by Gasteiger charge is 2.30. The highest BCUT2D eigenvalue weighted by molar-refractivity contribution is 5.94. The molecule has 23 heavy (non-hydrogen) atoms. The van der Waals surface area contributed by atoms with Crippen molar-refractivity contribution in [1.29, 1.82) is 0 Å². The predicted molar refractivity (Wildman–Crippen MR) is 87.8 cm³/mol. The first kappa shape index (κ1) is 15.7. The Balaban J connectivity index is 1.54. The summed E-state index contributed by atoms with van der Waals surface area (Å²) >= 11 is 0. The van der Waals surface area contributed by atoms with Gasteiger partial charge in [-0.15, -0.1) is 0 Å². The number of hydrogen-bond acceptors (Lipinski definition) is 3. The van der Waals surface area contributed by atoms with Crippen molar-refractivity contribution in [3.05, 3.63) is 41.7 Å². The normalized spacial score (nSPS) is 19.4. The predicted octanol–water partition coefficient (Wildman–Crippen LogP) is 2.11. The lowest BCUT2D eigenvalue weighted by atomic mass is 9.94. The van der Waals surface area contributed by atoms with Crippen LogP contribution in [0.25, 0.3) is 0 Å². The Labute approximate surface area is 137 Å². The maximum Gasteiger partial charge on any atom is 0.253 e. The summed E-state index contributed by atoms with van der Waals surface area (Å²) < 4.78 is 0. The van der Waals surface area contributed by atoms with E-state index >= 15 is 0 Å². The molecule has 1 fully saturated rings. The number of amides is 2. The molecule has 3 heterocycles. The van der Waals surface area contributed by atoms with E-state index in [1.165, 1.54) is 5.57 Å². The first-order valence-corrected chi connectivity index (χ1v) is 8.29. The summed E-state index contributed by atoms with van der Waals surface area (Å²) in [6, 6.07) is 3.48. The van der Waals surface area contributed by atoms with Gasteiger partial charge in [0, 0.05) is 50.1 Å². The Bertz CT molecular complexity index is 604. The topological polar surface area (TPSA) is 53.5 Å². The molecular formula is C18H23N3O2. The van der Waals surface area contributed by atoms with Gasteiger partial charge in [0.2, 0.25) is 5.91 Å². The second-order valence-corrected chi connectivity index (χ2v) is 6.39. The van der Waals surface area contributed by atoms with Gasteiger partial charge >= 0.3 is 0 Å². The highest BCUT2D eigenvalue weighted by atomic mass is 16.2. The number of pyridine rings is 1. The molecule has 1 aromatic rings. The smallest absolute Gasteiger partial charge is 0.253 e. The first-order valence-electron chi connectivity index (χ1n) is 8.29. The largest absolute Gasteiger partial charge is 0.339 e. The van der Waals surface area contributed by atoms with Crippen LogP contribution in [0.2, 0.25) is 0 Å². The number of carbonyl (C=O) groups is 2. The molecule has 0 spiro atoms. The number of piperidine rings is 1. The van der Waals surface area contributed by atoms with Crippen molar-refractivity contribution in [3.63, 3.8) is 0 Å². The van der Waals surface area contributed by atoms with E-state index in [2.05, 4.69) is 18.0 Å². The number of rotatable bonds is 2. The molecule has 0 unspecified atom stereocenters. The zero-order valence-corrected chi connectivity index (χ0v) is 13.6. The van der Waals surface area contributed by atoms with Gasteiger partial charge in [0.1, 0.15) is 0 Å². The summed E-state index contributed by atoms with van der Waals surface area (Å²) in [5, 5.41) is 0. The molecule has 2 aliphatic rings. The van der Waals surface area contributed by atoms with Crippen molar-refractivity contribution in [3.8, 4) is 0 Å². The number of carbonyl (C=O) groups excluding carboxylic acids is 2. The molecule has 0 aromatic carbocycles. The van der Waals surface area contributed by atoms with Crippen molar-refractivity contribution in [2.75, 3.05) is 26.2 Å². The second kappa shape index (κ2) is 6.94. The average molecular weight is 313 g/mol. The van der Waals surface area contributed by atoms with Gasteiger partial charge in [0.05, 0.1) is 0 Å². The minimum Gasteiger partial charge on any atom is -0.339 e. The molecule has 3 rings (SSSR count). The molecule has 0 aliphatic carbocycles. The Hall–Kier alpha value is -2.17. The van der Waals surface area contributed by atoms with E-state index in [1.807, 2.05) is 9.80 Å². The molecule has 5 nitrogen and oxygen atoms in total. The average Bonchev–Trinajstić information content (AvgIpc) is 2.62.